The lowest BCUT2D eigenvalue weighted by molar-refractivity contribution is 0.0935. The van der Waals surface area contributed by atoms with E-state index in [1.54, 1.807) is 36.2 Å². The van der Waals surface area contributed by atoms with Crippen LogP contribution in [-0.4, -0.2) is 38.3 Å². The van der Waals surface area contributed by atoms with Crippen molar-refractivity contribution in [1.29, 1.82) is 0 Å². The Hall–Kier alpha value is -4.15. The topological polar surface area (TPSA) is 116 Å². The largest absolute Gasteiger partial charge is 0.352 e. The number of fused-ring (bicyclic) bond motifs is 1. The van der Waals surface area contributed by atoms with Gasteiger partial charge in [0.2, 0.25) is 0 Å². The highest BCUT2D eigenvalue weighted by molar-refractivity contribution is 7.71. The number of aromatic amines is 2. The zero-order valence-corrected chi connectivity index (χ0v) is 22.1. The van der Waals surface area contributed by atoms with Crippen LogP contribution in [0.1, 0.15) is 51.2 Å². The van der Waals surface area contributed by atoms with Crippen molar-refractivity contribution in [2.45, 2.75) is 25.3 Å². The fourth-order valence-electron chi connectivity index (χ4n) is 4.22. The Labute approximate surface area is 228 Å². The molecule has 0 radical (unpaired) electrons. The molecular weight excluding hydrogens is 516 g/mol. The van der Waals surface area contributed by atoms with Crippen LogP contribution in [0.5, 0.6) is 0 Å². The van der Waals surface area contributed by atoms with Crippen LogP contribution in [0.4, 0.5) is 0 Å². The van der Waals surface area contributed by atoms with Gasteiger partial charge in [0, 0.05) is 18.3 Å². The normalized spacial score (nSPS) is 11.8. The monoisotopic (exact) mass is 542 g/mol. The first-order valence-electron chi connectivity index (χ1n) is 12.3. The number of aromatic nitrogens is 4. The summed E-state index contributed by atoms with van der Waals surface area (Å²) in [5, 5.41) is 8.33. The van der Waals surface area contributed by atoms with Gasteiger partial charge in [0.25, 0.3) is 11.8 Å². The number of H-pyrrole nitrogens is 2. The second-order valence-corrected chi connectivity index (χ2v) is 10.1. The Bertz CT molecular complexity index is 1610. The summed E-state index contributed by atoms with van der Waals surface area (Å²) < 4.78 is 0.413. The lowest BCUT2D eigenvalue weighted by atomic mass is 10.1. The number of carbonyl (C=O) groups is 2. The Morgan fingerprint density at radius 3 is 2.68 bits per heavy atom. The molecule has 0 aliphatic rings. The minimum Gasteiger partial charge on any atom is -0.352 e. The SMILES string of the molecule is O=C(NC(CCCCNC(=O)c1ccc[nH]c1=S)c1ncc(-c2ccc3ccccc3c2)[nH]1)c1cncs1. The molecule has 192 valence electrons. The molecule has 0 saturated heterocycles. The smallest absolute Gasteiger partial charge is 0.263 e. The Morgan fingerprint density at radius 1 is 1.00 bits per heavy atom. The number of hydrogen-bond acceptors (Lipinski definition) is 6. The summed E-state index contributed by atoms with van der Waals surface area (Å²) in [6.07, 6.45) is 7.20. The van der Waals surface area contributed by atoms with Gasteiger partial charge in [-0.1, -0.05) is 48.6 Å². The van der Waals surface area contributed by atoms with E-state index in [0.29, 0.717) is 33.9 Å². The van der Waals surface area contributed by atoms with Gasteiger partial charge in [0.05, 0.1) is 35.2 Å². The van der Waals surface area contributed by atoms with E-state index in [1.807, 2.05) is 12.1 Å². The van der Waals surface area contributed by atoms with Gasteiger partial charge < -0.3 is 20.6 Å². The van der Waals surface area contributed by atoms with Crippen LogP contribution in [0, 0.1) is 4.64 Å². The minimum absolute atomic E-state index is 0.187. The van der Waals surface area contributed by atoms with Crippen LogP contribution >= 0.6 is 23.6 Å². The van der Waals surface area contributed by atoms with E-state index in [-0.39, 0.29) is 17.9 Å². The predicted octanol–water partition coefficient (Wildman–Crippen LogP) is 5.82. The summed E-state index contributed by atoms with van der Waals surface area (Å²) in [5.74, 6) is 0.298. The third-order valence-electron chi connectivity index (χ3n) is 6.22. The highest BCUT2D eigenvalue weighted by Crippen LogP contribution is 2.26. The van der Waals surface area contributed by atoms with Crippen molar-refractivity contribution in [3.8, 4) is 11.3 Å². The zero-order chi connectivity index (χ0) is 26.3. The molecule has 0 fully saturated rings. The molecule has 0 saturated carbocycles. The third kappa shape index (κ3) is 6.04. The molecule has 5 rings (SSSR count). The number of nitrogens with one attached hydrogen (secondary N) is 4. The summed E-state index contributed by atoms with van der Waals surface area (Å²) >= 11 is 6.48. The molecule has 2 amide bonds. The van der Waals surface area contributed by atoms with Crippen LogP contribution in [-0.2, 0) is 0 Å². The van der Waals surface area contributed by atoms with Gasteiger partial charge in [-0.25, -0.2) is 4.98 Å². The number of unbranched alkanes of at least 4 members (excludes halogenated alkanes) is 1. The first kappa shape index (κ1) is 25.5. The summed E-state index contributed by atoms with van der Waals surface area (Å²) in [5.41, 5.74) is 4.00. The van der Waals surface area contributed by atoms with Crippen molar-refractivity contribution in [1.82, 2.24) is 30.6 Å². The van der Waals surface area contributed by atoms with Crippen LogP contribution < -0.4 is 10.6 Å². The first-order valence-corrected chi connectivity index (χ1v) is 13.6. The van der Waals surface area contributed by atoms with Crippen molar-refractivity contribution in [3.05, 3.63) is 99.6 Å². The molecule has 10 heteroatoms. The van der Waals surface area contributed by atoms with Crippen molar-refractivity contribution < 1.29 is 9.59 Å². The summed E-state index contributed by atoms with van der Waals surface area (Å²) in [7, 11) is 0. The maximum absolute atomic E-state index is 12.8. The number of pyridine rings is 1. The quantitative estimate of drug-likeness (QED) is 0.131. The Morgan fingerprint density at radius 2 is 1.87 bits per heavy atom. The molecule has 1 unspecified atom stereocenters. The van der Waals surface area contributed by atoms with E-state index >= 15 is 0 Å². The van der Waals surface area contributed by atoms with Crippen LogP contribution in [0.25, 0.3) is 22.0 Å². The van der Waals surface area contributed by atoms with Crippen LogP contribution in [0.2, 0.25) is 0 Å². The molecule has 0 bridgehead atoms. The van der Waals surface area contributed by atoms with Crippen LogP contribution in [0.15, 0.2) is 78.7 Å². The summed E-state index contributed by atoms with van der Waals surface area (Å²) in [6, 6.07) is 17.6. The van der Waals surface area contributed by atoms with Gasteiger partial charge in [0.1, 0.15) is 15.3 Å². The number of benzene rings is 2. The van der Waals surface area contributed by atoms with Crippen molar-refractivity contribution in [2.75, 3.05) is 6.54 Å². The fraction of sp³-hybridized carbons (Fsp3) is 0.179. The van der Waals surface area contributed by atoms with E-state index in [1.165, 1.54) is 16.7 Å². The first-order chi connectivity index (χ1) is 18.6. The van der Waals surface area contributed by atoms with Crippen LogP contribution in [0.3, 0.4) is 0 Å². The molecule has 38 heavy (non-hydrogen) atoms. The number of nitrogens with zero attached hydrogens (tertiary/aromatic N) is 2. The molecule has 4 N–H and O–H groups in total. The van der Waals surface area contributed by atoms with E-state index in [4.69, 9.17) is 12.2 Å². The minimum atomic E-state index is -0.322. The summed E-state index contributed by atoms with van der Waals surface area (Å²) in [6.45, 7) is 0.499. The lowest BCUT2D eigenvalue weighted by Gasteiger charge is -2.16. The molecule has 0 aliphatic heterocycles. The molecule has 3 aromatic heterocycles. The highest BCUT2D eigenvalue weighted by Gasteiger charge is 2.20. The van der Waals surface area contributed by atoms with Crippen molar-refractivity contribution in [3.63, 3.8) is 0 Å². The number of amides is 2. The van der Waals surface area contributed by atoms with Gasteiger partial charge >= 0.3 is 0 Å². The second-order valence-electron chi connectivity index (χ2n) is 8.80. The molecule has 0 spiro atoms. The summed E-state index contributed by atoms with van der Waals surface area (Å²) in [4.78, 5) is 40.7. The molecule has 2 aromatic carbocycles. The molecule has 3 heterocycles. The number of rotatable bonds is 10. The zero-order valence-electron chi connectivity index (χ0n) is 20.4. The number of imidazole rings is 1. The van der Waals surface area contributed by atoms with Gasteiger partial charge in [0.15, 0.2) is 0 Å². The predicted molar refractivity (Wildman–Crippen MR) is 152 cm³/mol. The molecule has 5 aromatic rings. The molecular formula is C28H26N6O2S2. The number of hydrogen-bond donors (Lipinski definition) is 4. The lowest BCUT2D eigenvalue weighted by Crippen LogP contribution is -2.29. The van der Waals surface area contributed by atoms with Gasteiger partial charge in [-0.05, 0) is 48.2 Å². The van der Waals surface area contributed by atoms with E-state index < -0.39 is 0 Å². The standard InChI is InChI=1S/C28H26N6O2S2/c35-26(21-8-5-13-31-28(21)37)30-12-4-3-9-22(34-27(36)24-16-29-17-38-24)25-32-15-23(33-25)20-11-10-18-6-1-2-7-19(18)14-20/h1-2,5-8,10-11,13-17,22H,3-4,9,12H2,(H,30,35)(H,31,37)(H,32,33)(H,34,36). The van der Waals surface area contributed by atoms with E-state index in [0.717, 1.165) is 29.5 Å². The Balaban J connectivity index is 1.25. The highest BCUT2D eigenvalue weighted by atomic mass is 32.1. The fourth-order valence-corrected chi connectivity index (χ4v) is 4.97. The van der Waals surface area contributed by atoms with Gasteiger partial charge in [-0.15, -0.1) is 11.3 Å². The van der Waals surface area contributed by atoms with Gasteiger partial charge in [-0.2, -0.15) is 0 Å². The van der Waals surface area contributed by atoms with E-state index in [2.05, 4.69) is 60.9 Å². The van der Waals surface area contributed by atoms with Crippen molar-refractivity contribution >= 4 is 46.1 Å². The Kier molecular flexibility index (Phi) is 8.01. The second kappa shape index (κ2) is 11.9. The molecule has 1 atom stereocenters. The molecule has 0 aliphatic carbocycles. The number of carbonyl (C=O) groups excluding carboxylic acids is 2. The molecule has 8 nitrogen and oxygen atoms in total. The average molecular weight is 543 g/mol. The maximum Gasteiger partial charge on any atom is 0.263 e. The maximum atomic E-state index is 12.8. The average Bonchev–Trinajstić information content (AvgIpc) is 3.65. The van der Waals surface area contributed by atoms with Gasteiger partial charge in [-0.3, -0.25) is 14.6 Å². The number of thiazole rings is 1. The third-order valence-corrected chi connectivity index (χ3v) is 7.33. The van der Waals surface area contributed by atoms with E-state index in [9.17, 15) is 9.59 Å². The van der Waals surface area contributed by atoms with Crippen molar-refractivity contribution in [2.24, 2.45) is 0 Å².